The van der Waals surface area contributed by atoms with Crippen molar-refractivity contribution in [1.29, 1.82) is 0 Å². The van der Waals surface area contributed by atoms with Gasteiger partial charge in [0.15, 0.2) is 11.5 Å². The fourth-order valence-corrected chi connectivity index (χ4v) is 1.56. The van der Waals surface area contributed by atoms with Crippen LogP contribution < -0.4 is 19.9 Å². The summed E-state index contributed by atoms with van der Waals surface area (Å²) in [6.07, 6.45) is 0.839. The van der Waals surface area contributed by atoms with Crippen molar-refractivity contribution >= 4 is 12.4 Å². The number of halogens is 1. The second-order valence-corrected chi connectivity index (χ2v) is 3.46. The van der Waals surface area contributed by atoms with Crippen molar-refractivity contribution in [2.45, 2.75) is 19.4 Å². The van der Waals surface area contributed by atoms with Crippen LogP contribution in [0.5, 0.6) is 17.2 Å². The third kappa shape index (κ3) is 3.41. The van der Waals surface area contributed by atoms with Gasteiger partial charge in [-0.25, -0.2) is 0 Å². The van der Waals surface area contributed by atoms with Crippen LogP contribution in [0.15, 0.2) is 12.1 Å². The van der Waals surface area contributed by atoms with Gasteiger partial charge in [0, 0.05) is 17.7 Å². The number of hydrogen-bond acceptors (Lipinski definition) is 4. The van der Waals surface area contributed by atoms with E-state index in [1.54, 1.807) is 27.4 Å². The summed E-state index contributed by atoms with van der Waals surface area (Å²) in [5.41, 5.74) is 6.94. The molecule has 1 rings (SSSR count). The van der Waals surface area contributed by atoms with E-state index in [4.69, 9.17) is 19.9 Å². The van der Waals surface area contributed by atoms with Crippen LogP contribution in [0.1, 0.15) is 24.9 Å². The highest BCUT2D eigenvalue weighted by atomic mass is 35.5. The van der Waals surface area contributed by atoms with Gasteiger partial charge in [0.1, 0.15) is 5.75 Å². The Labute approximate surface area is 108 Å². The topological polar surface area (TPSA) is 53.7 Å². The molecule has 0 heterocycles. The van der Waals surface area contributed by atoms with E-state index in [1.165, 1.54) is 0 Å². The molecule has 0 aromatic heterocycles. The molecule has 0 amide bonds. The predicted molar refractivity (Wildman–Crippen MR) is 70.6 cm³/mol. The Morgan fingerprint density at radius 3 is 1.88 bits per heavy atom. The van der Waals surface area contributed by atoms with E-state index in [0.717, 1.165) is 17.7 Å². The van der Waals surface area contributed by atoms with E-state index in [9.17, 15) is 0 Å². The van der Waals surface area contributed by atoms with Gasteiger partial charge in [-0.15, -0.1) is 12.4 Å². The van der Waals surface area contributed by atoms with Gasteiger partial charge in [-0.3, -0.25) is 0 Å². The highest BCUT2D eigenvalue weighted by molar-refractivity contribution is 5.85. The van der Waals surface area contributed by atoms with E-state index in [2.05, 4.69) is 0 Å². The predicted octanol–water partition coefficient (Wildman–Crippen LogP) is 2.54. The Kier molecular flexibility index (Phi) is 6.76. The average molecular weight is 262 g/mol. The smallest absolute Gasteiger partial charge is 0.164 e. The highest BCUT2D eigenvalue weighted by Gasteiger charge is 2.15. The fraction of sp³-hybridized carbons (Fsp3) is 0.500. The molecular weight excluding hydrogens is 242 g/mol. The molecule has 0 radical (unpaired) electrons. The summed E-state index contributed by atoms with van der Waals surface area (Å²) in [5, 5.41) is 0. The van der Waals surface area contributed by atoms with Crippen molar-refractivity contribution in [3.05, 3.63) is 17.7 Å². The van der Waals surface area contributed by atoms with Gasteiger partial charge in [-0.05, 0) is 12.5 Å². The number of benzene rings is 1. The quantitative estimate of drug-likeness (QED) is 0.885. The van der Waals surface area contributed by atoms with Crippen LogP contribution in [0.4, 0.5) is 0 Å². The summed E-state index contributed by atoms with van der Waals surface area (Å²) in [7, 11) is 4.81. The molecule has 1 aromatic rings. The van der Waals surface area contributed by atoms with Crippen molar-refractivity contribution in [3.63, 3.8) is 0 Å². The van der Waals surface area contributed by atoms with Gasteiger partial charge < -0.3 is 19.9 Å². The van der Waals surface area contributed by atoms with Gasteiger partial charge in [-0.1, -0.05) is 6.92 Å². The van der Waals surface area contributed by atoms with Gasteiger partial charge in [-0.2, -0.15) is 0 Å². The van der Waals surface area contributed by atoms with Gasteiger partial charge >= 0.3 is 0 Å². The van der Waals surface area contributed by atoms with E-state index < -0.39 is 0 Å². The highest BCUT2D eigenvalue weighted by Crippen LogP contribution is 2.37. The Morgan fingerprint density at radius 2 is 1.47 bits per heavy atom. The zero-order chi connectivity index (χ0) is 12.1. The fourth-order valence-electron chi connectivity index (χ4n) is 1.56. The lowest BCUT2D eigenvalue weighted by Crippen LogP contribution is -2.10. The van der Waals surface area contributed by atoms with Gasteiger partial charge in [0.05, 0.1) is 21.3 Å². The molecular formula is C12H20ClNO3. The van der Waals surface area contributed by atoms with E-state index in [0.29, 0.717) is 11.5 Å². The molecule has 5 heteroatoms. The first-order chi connectivity index (χ1) is 7.67. The van der Waals surface area contributed by atoms with Crippen molar-refractivity contribution in [2.75, 3.05) is 21.3 Å². The van der Waals surface area contributed by atoms with Crippen LogP contribution in [-0.4, -0.2) is 21.3 Å². The Bertz CT molecular complexity index is 358. The van der Waals surface area contributed by atoms with Crippen molar-refractivity contribution in [2.24, 2.45) is 5.73 Å². The Hall–Kier alpha value is -1.13. The molecule has 0 aliphatic carbocycles. The minimum Gasteiger partial charge on any atom is -0.496 e. The van der Waals surface area contributed by atoms with Crippen molar-refractivity contribution < 1.29 is 14.2 Å². The normalized spacial score (nSPS) is 11.4. The van der Waals surface area contributed by atoms with Crippen LogP contribution in [0, 0.1) is 0 Å². The van der Waals surface area contributed by atoms with E-state index >= 15 is 0 Å². The van der Waals surface area contributed by atoms with E-state index in [1.807, 2.05) is 13.0 Å². The maximum atomic E-state index is 6.01. The SMILES string of the molecule is CC[C@@H](N)c1cc(OC)c(OC)cc1OC.Cl. The number of hydrogen-bond donors (Lipinski definition) is 1. The minimum absolute atomic E-state index is 0. The molecule has 0 bridgehead atoms. The molecule has 2 N–H and O–H groups in total. The monoisotopic (exact) mass is 261 g/mol. The molecule has 1 aromatic carbocycles. The van der Waals surface area contributed by atoms with Crippen LogP contribution in [0.25, 0.3) is 0 Å². The lowest BCUT2D eigenvalue weighted by molar-refractivity contribution is 0.346. The zero-order valence-corrected chi connectivity index (χ0v) is 11.5. The molecule has 0 saturated carbocycles. The zero-order valence-electron chi connectivity index (χ0n) is 10.6. The largest absolute Gasteiger partial charge is 0.496 e. The molecule has 0 aliphatic heterocycles. The number of ether oxygens (including phenoxy) is 3. The lowest BCUT2D eigenvalue weighted by atomic mass is 10.0. The average Bonchev–Trinajstić information content (AvgIpc) is 2.35. The molecule has 0 aliphatic rings. The third-order valence-electron chi connectivity index (χ3n) is 2.58. The first-order valence-corrected chi connectivity index (χ1v) is 5.23. The Morgan fingerprint density at radius 1 is 1.00 bits per heavy atom. The lowest BCUT2D eigenvalue weighted by Gasteiger charge is -2.17. The summed E-state index contributed by atoms with van der Waals surface area (Å²) < 4.78 is 15.7. The summed E-state index contributed by atoms with van der Waals surface area (Å²) >= 11 is 0. The first-order valence-electron chi connectivity index (χ1n) is 5.23. The molecule has 0 spiro atoms. The van der Waals surface area contributed by atoms with E-state index in [-0.39, 0.29) is 18.4 Å². The summed E-state index contributed by atoms with van der Waals surface area (Å²) in [4.78, 5) is 0. The van der Waals surface area contributed by atoms with Crippen LogP contribution in [0.3, 0.4) is 0 Å². The van der Waals surface area contributed by atoms with Crippen LogP contribution >= 0.6 is 12.4 Å². The molecule has 98 valence electrons. The van der Waals surface area contributed by atoms with Gasteiger partial charge in [0.2, 0.25) is 0 Å². The number of nitrogens with two attached hydrogens (primary N) is 1. The molecule has 0 saturated heterocycles. The Balaban J connectivity index is 0.00000256. The number of methoxy groups -OCH3 is 3. The summed E-state index contributed by atoms with van der Waals surface area (Å²) in [6.45, 7) is 2.03. The molecule has 0 unspecified atom stereocenters. The van der Waals surface area contributed by atoms with Crippen molar-refractivity contribution in [3.8, 4) is 17.2 Å². The van der Waals surface area contributed by atoms with Crippen molar-refractivity contribution in [1.82, 2.24) is 0 Å². The molecule has 17 heavy (non-hydrogen) atoms. The maximum absolute atomic E-state index is 6.01. The molecule has 0 fully saturated rings. The molecule has 1 atom stereocenters. The van der Waals surface area contributed by atoms with Crippen LogP contribution in [-0.2, 0) is 0 Å². The maximum Gasteiger partial charge on any atom is 0.164 e. The van der Waals surface area contributed by atoms with Gasteiger partial charge in [0.25, 0.3) is 0 Å². The van der Waals surface area contributed by atoms with Crippen LogP contribution in [0.2, 0.25) is 0 Å². The standard InChI is InChI=1S/C12H19NO3.ClH/c1-5-9(13)8-6-11(15-3)12(16-4)7-10(8)14-2;/h6-7,9H,5,13H2,1-4H3;1H/t9-;/m1./s1. The summed E-state index contributed by atoms with van der Waals surface area (Å²) in [5.74, 6) is 2.04. The second-order valence-electron chi connectivity index (χ2n) is 3.46. The molecule has 4 nitrogen and oxygen atoms in total. The number of rotatable bonds is 5. The first kappa shape index (κ1) is 15.9. The second kappa shape index (κ2) is 7.25. The minimum atomic E-state index is -0.0604. The summed E-state index contributed by atoms with van der Waals surface area (Å²) in [6, 6.07) is 3.60. The third-order valence-corrected chi connectivity index (χ3v) is 2.58.